The maximum absolute atomic E-state index is 13.3. The SMILES string of the molecule is C=Cc1cc(F)c(Cl)cc1C1N=C(C)C(=O)O1. The highest BCUT2D eigenvalue weighted by Crippen LogP contribution is 2.31. The van der Waals surface area contributed by atoms with E-state index in [0.29, 0.717) is 11.1 Å². The number of halogens is 2. The summed E-state index contributed by atoms with van der Waals surface area (Å²) in [6.07, 6.45) is 0.694. The van der Waals surface area contributed by atoms with E-state index >= 15 is 0 Å². The van der Waals surface area contributed by atoms with Gasteiger partial charge in [-0.25, -0.2) is 14.2 Å². The summed E-state index contributed by atoms with van der Waals surface area (Å²) in [7, 11) is 0. The number of ether oxygens (including phenoxy) is 1. The molecule has 2 rings (SSSR count). The van der Waals surface area contributed by atoms with E-state index < -0.39 is 18.0 Å². The van der Waals surface area contributed by atoms with Gasteiger partial charge in [-0.05, 0) is 24.6 Å². The zero-order valence-electron chi connectivity index (χ0n) is 9.04. The Balaban J connectivity index is 2.49. The molecular weight excluding hydrogens is 245 g/mol. The van der Waals surface area contributed by atoms with Gasteiger partial charge in [0.2, 0.25) is 6.23 Å². The summed E-state index contributed by atoms with van der Waals surface area (Å²) in [6, 6.07) is 2.63. The number of cyclic esters (lactones) is 1. The van der Waals surface area contributed by atoms with Crippen LogP contribution >= 0.6 is 11.6 Å². The van der Waals surface area contributed by atoms with E-state index in [1.165, 1.54) is 18.2 Å². The third kappa shape index (κ3) is 2.08. The third-order valence-corrected chi connectivity index (χ3v) is 2.73. The van der Waals surface area contributed by atoms with Crippen molar-refractivity contribution in [2.45, 2.75) is 13.2 Å². The van der Waals surface area contributed by atoms with Gasteiger partial charge in [-0.1, -0.05) is 24.3 Å². The van der Waals surface area contributed by atoms with Gasteiger partial charge in [0.1, 0.15) is 11.5 Å². The standard InChI is InChI=1S/C12H9ClFNO2/c1-3-7-4-10(14)9(13)5-8(7)11-15-6(2)12(16)17-11/h3-5,11H,1H2,2H3. The number of hydrogen-bond acceptors (Lipinski definition) is 3. The largest absolute Gasteiger partial charge is 0.431 e. The highest BCUT2D eigenvalue weighted by molar-refractivity contribution is 6.36. The van der Waals surface area contributed by atoms with E-state index in [-0.39, 0.29) is 10.7 Å². The highest BCUT2D eigenvalue weighted by atomic mass is 35.5. The molecule has 0 saturated carbocycles. The van der Waals surface area contributed by atoms with Gasteiger partial charge in [0.05, 0.1) is 5.02 Å². The van der Waals surface area contributed by atoms with Gasteiger partial charge in [0.15, 0.2) is 0 Å². The fourth-order valence-electron chi connectivity index (χ4n) is 1.54. The van der Waals surface area contributed by atoms with Crippen LogP contribution in [0.4, 0.5) is 4.39 Å². The van der Waals surface area contributed by atoms with Crippen LogP contribution in [-0.2, 0) is 9.53 Å². The molecule has 0 aliphatic carbocycles. The molecule has 1 aliphatic rings. The molecule has 88 valence electrons. The monoisotopic (exact) mass is 253 g/mol. The van der Waals surface area contributed by atoms with Crippen LogP contribution in [0.3, 0.4) is 0 Å². The molecule has 0 fully saturated rings. The second-order valence-electron chi connectivity index (χ2n) is 3.57. The summed E-state index contributed by atoms with van der Waals surface area (Å²) in [5, 5.41) is -0.0404. The first-order chi connectivity index (χ1) is 8.02. The van der Waals surface area contributed by atoms with Gasteiger partial charge in [0, 0.05) is 5.56 Å². The predicted octanol–water partition coefficient (Wildman–Crippen LogP) is 3.14. The van der Waals surface area contributed by atoms with Crippen LogP contribution in [0.5, 0.6) is 0 Å². The van der Waals surface area contributed by atoms with Crippen molar-refractivity contribution in [3.63, 3.8) is 0 Å². The van der Waals surface area contributed by atoms with Crippen molar-refractivity contribution in [1.82, 2.24) is 0 Å². The Labute approximate surface area is 103 Å². The molecule has 0 bridgehead atoms. The minimum atomic E-state index is -0.770. The molecule has 3 nitrogen and oxygen atoms in total. The molecule has 1 aromatic carbocycles. The second-order valence-corrected chi connectivity index (χ2v) is 3.98. The summed E-state index contributed by atoms with van der Waals surface area (Å²) in [4.78, 5) is 15.3. The summed E-state index contributed by atoms with van der Waals surface area (Å²) < 4.78 is 18.3. The number of aliphatic imine (C=N–C) groups is 1. The fourth-order valence-corrected chi connectivity index (χ4v) is 1.71. The molecule has 1 unspecified atom stereocenters. The van der Waals surface area contributed by atoms with Crippen LogP contribution in [0.2, 0.25) is 5.02 Å². The van der Waals surface area contributed by atoms with Gasteiger partial charge in [-0.15, -0.1) is 0 Å². The Morgan fingerprint density at radius 2 is 2.29 bits per heavy atom. The van der Waals surface area contributed by atoms with Gasteiger partial charge in [-0.3, -0.25) is 0 Å². The summed E-state index contributed by atoms with van der Waals surface area (Å²) in [6.45, 7) is 5.13. The van der Waals surface area contributed by atoms with Crippen molar-refractivity contribution in [3.05, 3.63) is 40.7 Å². The lowest BCUT2D eigenvalue weighted by Gasteiger charge is -2.11. The highest BCUT2D eigenvalue weighted by Gasteiger charge is 2.27. The van der Waals surface area contributed by atoms with Gasteiger partial charge >= 0.3 is 5.97 Å². The molecule has 1 aromatic rings. The van der Waals surface area contributed by atoms with Gasteiger partial charge in [-0.2, -0.15) is 0 Å². The molecule has 1 aliphatic heterocycles. The normalized spacial score (nSPS) is 18.9. The molecular formula is C12H9ClFNO2. The Hall–Kier alpha value is -1.68. The zero-order valence-corrected chi connectivity index (χ0v) is 9.79. The molecule has 0 radical (unpaired) electrons. The lowest BCUT2D eigenvalue weighted by molar-refractivity contribution is -0.137. The van der Waals surface area contributed by atoms with Crippen molar-refractivity contribution in [1.29, 1.82) is 0 Å². The molecule has 5 heteroatoms. The molecule has 0 N–H and O–H groups in total. The lowest BCUT2D eigenvalue weighted by Crippen LogP contribution is -2.07. The van der Waals surface area contributed by atoms with Crippen molar-refractivity contribution in [2.24, 2.45) is 4.99 Å². The Kier molecular flexibility index (Phi) is 2.98. The van der Waals surface area contributed by atoms with Crippen LogP contribution in [0.1, 0.15) is 24.3 Å². The minimum Gasteiger partial charge on any atom is -0.431 e. The molecule has 0 aromatic heterocycles. The Bertz CT molecular complexity index is 540. The number of hydrogen-bond donors (Lipinski definition) is 0. The summed E-state index contributed by atoms with van der Waals surface area (Å²) in [5.74, 6) is -1.03. The first kappa shape index (κ1) is 11.8. The number of carbonyl (C=O) groups excluding carboxylic acids is 1. The van der Waals surface area contributed by atoms with Crippen LogP contribution in [-0.4, -0.2) is 11.7 Å². The van der Waals surface area contributed by atoms with Crippen LogP contribution in [0.15, 0.2) is 23.7 Å². The average molecular weight is 254 g/mol. The number of benzene rings is 1. The van der Waals surface area contributed by atoms with Crippen molar-refractivity contribution in [2.75, 3.05) is 0 Å². The molecule has 1 atom stereocenters. The van der Waals surface area contributed by atoms with Crippen LogP contribution in [0, 0.1) is 5.82 Å². The zero-order chi connectivity index (χ0) is 12.6. The number of esters is 1. The van der Waals surface area contributed by atoms with Crippen LogP contribution < -0.4 is 0 Å². The topological polar surface area (TPSA) is 38.7 Å². The smallest absolute Gasteiger partial charge is 0.354 e. The summed E-state index contributed by atoms with van der Waals surface area (Å²) >= 11 is 5.70. The number of rotatable bonds is 2. The lowest BCUT2D eigenvalue weighted by atomic mass is 10.1. The van der Waals surface area contributed by atoms with Crippen LogP contribution in [0.25, 0.3) is 6.08 Å². The van der Waals surface area contributed by atoms with Crippen molar-refractivity contribution >= 4 is 29.4 Å². The predicted molar refractivity (Wildman–Crippen MR) is 63.4 cm³/mol. The van der Waals surface area contributed by atoms with Gasteiger partial charge in [0.25, 0.3) is 0 Å². The number of carbonyl (C=O) groups is 1. The molecule has 1 heterocycles. The van der Waals surface area contributed by atoms with E-state index in [1.807, 2.05) is 0 Å². The molecule has 0 saturated heterocycles. The van der Waals surface area contributed by atoms with Gasteiger partial charge < -0.3 is 4.74 Å². The maximum atomic E-state index is 13.3. The number of nitrogens with zero attached hydrogens (tertiary/aromatic N) is 1. The molecule has 0 amide bonds. The van der Waals surface area contributed by atoms with E-state index in [0.717, 1.165) is 0 Å². The Morgan fingerprint density at radius 1 is 1.59 bits per heavy atom. The van der Waals surface area contributed by atoms with E-state index in [2.05, 4.69) is 11.6 Å². The minimum absolute atomic E-state index is 0.0404. The van der Waals surface area contributed by atoms with E-state index in [9.17, 15) is 9.18 Å². The summed E-state index contributed by atoms with van der Waals surface area (Å²) in [5.41, 5.74) is 1.31. The third-order valence-electron chi connectivity index (χ3n) is 2.44. The Morgan fingerprint density at radius 3 is 2.82 bits per heavy atom. The fraction of sp³-hybridized carbons (Fsp3) is 0.167. The molecule has 17 heavy (non-hydrogen) atoms. The van der Waals surface area contributed by atoms with E-state index in [1.54, 1.807) is 6.92 Å². The second kappa shape index (κ2) is 4.30. The quantitative estimate of drug-likeness (QED) is 0.760. The first-order valence-electron chi connectivity index (χ1n) is 4.89. The van der Waals surface area contributed by atoms with Crippen molar-refractivity contribution in [3.8, 4) is 0 Å². The first-order valence-corrected chi connectivity index (χ1v) is 5.27. The maximum Gasteiger partial charge on any atom is 0.354 e. The average Bonchev–Trinajstić information content (AvgIpc) is 2.62. The van der Waals surface area contributed by atoms with Crippen molar-refractivity contribution < 1.29 is 13.9 Å². The van der Waals surface area contributed by atoms with E-state index in [4.69, 9.17) is 16.3 Å². The molecule has 0 spiro atoms.